The molecule has 0 radical (unpaired) electrons. The molecule has 0 aliphatic rings. The fourth-order valence-electron chi connectivity index (χ4n) is 1.60. The Morgan fingerprint density at radius 1 is 1.21 bits per heavy atom. The number of benzene rings is 1. The minimum atomic E-state index is -0.0431. The summed E-state index contributed by atoms with van der Waals surface area (Å²) in [6, 6.07) is 11.1. The molecule has 0 unspecified atom stereocenters. The van der Waals surface area contributed by atoms with E-state index >= 15 is 0 Å². The fraction of sp³-hybridized carbons (Fsp3) is 0. The number of oxazole rings is 1. The topological polar surface area (TPSA) is 88.8 Å². The molecule has 0 aliphatic heterocycles. The van der Waals surface area contributed by atoms with Crippen molar-refractivity contribution < 1.29 is 4.42 Å². The molecule has 3 rings (SSSR count). The van der Waals surface area contributed by atoms with Gasteiger partial charge in [0.25, 0.3) is 5.22 Å². The van der Waals surface area contributed by atoms with Crippen LogP contribution in [-0.2, 0) is 0 Å². The van der Waals surface area contributed by atoms with Crippen molar-refractivity contribution in [3.8, 4) is 0 Å². The van der Waals surface area contributed by atoms with E-state index in [4.69, 9.17) is 15.6 Å². The van der Waals surface area contributed by atoms with Crippen LogP contribution in [-0.4, -0.2) is 15.8 Å². The molecule has 0 aliphatic carbocycles. The highest BCUT2D eigenvalue weighted by Gasteiger charge is 2.07. The zero-order valence-corrected chi connectivity index (χ0v) is 10.6. The van der Waals surface area contributed by atoms with Crippen molar-refractivity contribution in [2.75, 3.05) is 0 Å². The first-order valence-corrected chi connectivity index (χ1v) is 6.38. The normalized spacial score (nSPS) is 10.7. The van der Waals surface area contributed by atoms with E-state index < -0.39 is 0 Å². The van der Waals surface area contributed by atoms with Crippen LogP contribution in [0, 0.1) is 5.41 Å². The van der Waals surface area contributed by atoms with Crippen molar-refractivity contribution in [2.45, 2.75) is 10.1 Å². The van der Waals surface area contributed by atoms with Gasteiger partial charge in [0, 0.05) is 11.1 Å². The molecule has 6 heteroatoms. The second kappa shape index (κ2) is 4.74. The maximum atomic E-state index is 7.28. The summed E-state index contributed by atoms with van der Waals surface area (Å²) in [5.41, 5.74) is 7.40. The molecular formula is C13H10N4OS. The van der Waals surface area contributed by atoms with Gasteiger partial charge in [-0.2, -0.15) is 0 Å². The third-order valence-corrected chi connectivity index (χ3v) is 3.32. The summed E-state index contributed by atoms with van der Waals surface area (Å²) in [6.45, 7) is 0. The number of rotatable bonds is 3. The van der Waals surface area contributed by atoms with Gasteiger partial charge in [0.05, 0.1) is 0 Å². The van der Waals surface area contributed by atoms with E-state index in [0.29, 0.717) is 10.9 Å². The summed E-state index contributed by atoms with van der Waals surface area (Å²) in [7, 11) is 0. The lowest BCUT2D eigenvalue weighted by atomic mass is 10.3. The van der Waals surface area contributed by atoms with E-state index in [9.17, 15) is 0 Å². The molecule has 0 saturated heterocycles. The molecule has 0 spiro atoms. The van der Waals surface area contributed by atoms with Crippen molar-refractivity contribution in [2.24, 2.45) is 5.73 Å². The van der Waals surface area contributed by atoms with Gasteiger partial charge in [-0.05, 0) is 36.0 Å². The van der Waals surface area contributed by atoms with Gasteiger partial charge >= 0.3 is 0 Å². The van der Waals surface area contributed by atoms with Crippen molar-refractivity contribution in [3.05, 3.63) is 48.3 Å². The second-order valence-corrected chi connectivity index (χ2v) is 4.87. The van der Waals surface area contributed by atoms with Crippen molar-refractivity contribution >= 4 is 28.7 Å². The van der Waals surface area contributed by atoms with Gasteiger partial charge < -0.3 is 10.2 Å². The van der Waals surface area contributed by atoms with Crippen LogP contribution in [0.2, 0.25) is 0 Å². The maximum Gasteiger partial charge on any atom is 0.261 e. The molecule has 19 heavy (non-hydrogen) atoms. The summed E-state index contributed by atoms with van der Waals surface area (Å²) >= 11 is 1.38. The third-order valence-electron chi connectivity index (χ3n) is 2.49. The Morgan fingerprint density at radius 3 is 2.74 bits per heavy atom. The molecule has 0 atom stereocenters. The van der Waals surface area contributed by atoms with E-state index in [1.807, 2.05) is 30.3 Å². The number of hydrogen-bond acceptors (Lipinski definition) is 5. The van der Waals surface area contributed by atoms with Crippen LogP contribution in [0.4, 0.5) is 0 Å². The lowest BCUT2D eigenvalue weighted by Crippen LogP contribution is -2.12. The Kier molecular flexibility index (Phi) is 2.92. The van der Waals surface area contributed by atoms with Crippen LogP contribution in [0.15, 0.2) is 57.1 Å². The van der Waals surface area contributed by atoms with Crippen molar-refractivity contribution in [3.63, 3.8) is 0 Å². The standard InChI is InChI=1S/C13H10N4OS/c14-12(15)10-6-5-8(7-16-10)19-13-17-9-3-1-2-4-11(9)18-13/h1-7H,(H3,14,15). The quantitative estimate of drug-likeness (QED) is 0.564. The number of nitrogen functional groups attached to an aromatic ring is 1. The lowest BCUT2D eigenvalue weighted by molar-refractivity contribution is 0.489. The smallest absolute Gasteiger partial charge is 0.261 e. The molecule has 0 amide bonds. The Balaban J connectivity index is 1.86. The van der Waals surface area contributed by atoms with E-state index in [1.54, 1.807) is 12.3 Å². The van der Waals surface area contributed by atoms with Gasteiger partial charge in [-0.25, -0.2) is 4.98 Å². The lowest BCUT2D eigenvalue weighted by Gasteiger charge is -1.98. The highest BCUT2D eigenvalue weighted by atomic mass is 32.2. The first-order valence-electron chi connectivity index (χ1n) is 5.56. The average Bonchev–Trinajstić information content (AvgIpc) is 2.81. The molecular weight excluding hydrogens is 260 g/mol. The molecule has 3 N–H and O–H groups in total. The van der Waals surface area contributed by atoms with Gasteiger partial charge in [-0.1, -0.05) is 12.1 Å². The van der Waals surface area contributed by atoms with Crippen molar-refractivity contribution in [1.82, 2.24) is 9.97 Å². The van der Waals surface area contributed by atoms with Gasteiger partial charge in [0.1, 0.15) is 17.0 Å². The molecule has 2 heterocycles. The summed E-state index contributed by atoms with van der Waals surface area (Å²) in [5.74, 6) is -0.0431. The van der Waals surface area contributed by atoms with E-state index in [1.165, 1.54) is 11.8 Å². The summed E-state index contributed by atoms with van der Waals surface area (Å²) < 4.78 is 5.61. The van der Waals surface area contributed by atoms with Gasteiger partial charge in [-0.3, -0.25) is 10.4 Å². The van der Waals surface area contributed by atoms with E-state index in [2.05, 4.69) is 9.97 Å². The molecule has 3 aromatic rings. The van der Waals surface area contributed by atoms with Crippen LogP contribution < -0.4 is 5.73 Å². The molecule has 5 nitrogen and oxygen atoms in total. The van der Waals surface area contributed by atoms with Gasteiger partial charge in [-0.15, -0.1) is 0 Å². The Morgan fingerprint density at radius 2 is 2.05 bits per heavy atom. The van der Waals surface area contributed by atoms with Crippen LogP contribution in [0.25, 0.3) is 11.1 Å². The first kappa shape index (κ1) is 11.7. The Hall–Kier alpha value is -2.34. The number of nitrogens with two attached hydrogens (primary N) is 1. The van der Waals surface area contributed by atoms with E-state index in [0.717, 1.165) is 16.0 Å². The number of aromatic nitrogens is 2. The highest BCUT2D eigenvalue weighted by Crippen LogP contribution is 2.29. The fourth-order valence-corrected chi connectivity index (χ4v) is 2.31. The van der Waals surface area contributed by atoms with Crippen molar-refractivity contribution in [1.29, 1.82) is 5.41 Å². The predicted octanol–water partition coefficient (Wildman–Crippen LogP) is 2.66. The zero-order valence-electron chi connectivity index (χ0n) is 9.83. The number of pyridine rings is 1. The van der Waals surface area contributed by atoms with Crippen LogP contribution in [0.1, 0.15) is 5.69 Å². The number of nitrogens with zero attached hydrogens (tertiary/aromatic N) is 2. The summed E-state index contributed by atoms with van der Waals surface area (Å²) in [6.07, 6.45) is 1.65. The number of para-hydroxylation sites is 2. The number of hydrogen-bond donors (Lipinski definition) is 2. The number of nitrogens with one attached hydrogen (secondary N) is 1. The molecule has 2 aromatic heterocycles. The average molecular weight is 270 g/mol. The SMILES string of the molecule is N=C(N)c1ccc(Sc2nc3ccccc3o2)cn1. The van der Waals surface area contributed by atoms with E-state index in [-0.39, 0.29) is 5.84 Å². The third kappa shape index (κ3) is 2.43. The molecule has 0 bridgehead atoms. The van der Waals surface area contributed by atoms with Crippen LogP contribution >= 0.6 is 11.8 Å². The molecule has 94 valence electrons. The maximum absolute atomic E-state index is 7.28. The highest BCUT2D eigenvalue weighted by molar-refractivity contribution is 7.99. The number of fused-ring (bicyclic) bond motifs is 1. The predicted molar refractivity (Wildman–Crippen MR) is 73.4 cm³/mol. The zero-order chi connectivity index (χ0) is 13.2. The van der Waals surface area contributed by atoms with Crippen LogP contribution in [0.5, 0.6) is 0 Å². The summed E-state index contributed by atoms with van der Waals surface area (Å²) in [5, 5.41) is 7.85. The second-order valence-electron chi connectivity index (χ2n) is 3.84. The molecule has 0 saturated carbocycles. The first-order chi connectivity index (χ1) is 9.22. The van der Waals surface area contributed by atoms with Gasteiger partial charge in [0.15, 0.2) is 5.58 Å². The Bertz CT molecular complexity index is 703. The monoisotopic (exact) mass is 270 g/mol. The minimum absolute atomic E-state index is 0.0431. The molecule has 1 aromatic carbocycles. The van der Waals surface area contributed by atoms with Crippen LogP contribution in [0.3, 0.4) is 0 Å². The van der Waals surface area contributed by atoms with Gasteiger partial charge in [0.2, 0.25) is 0 Å². The Labute approximate surface area is 113 Å². The minimum Gasteiger partial charge on any atom is -0.431 e. The number of amidine groups is 1. The largest absolute Gasteiger partial charge is 0.431 e. The molecule has 0 fully saturated rings. The summed E-state index contributed by atoms with van der Waals surface area (Å²) in [4.78, 5) is 9.34.